The lowest BCUT2D eigenvalue weighted by atomic mass is 10.0. The third kappa shape index (κ3) is 2.03. The van der Waals surface area contributed by atoms with Gasteiger partial charge in [-0.2, -0.15) is 0 Å². The maximum atomic E-state index is 10.1. The van der Waals surface area contributed by atoms with Crippen LogP contribution in [-0.2, 0) is 0 Å². The van der Waals surface area contributed by atoms with Gasteiger partial charge in [-0.25, -0.2) is 0 Å². The van der Waals surface area contributed by atoms with Crippen molar-refractivity contribution >= 4 is 11.6 Å². The number of rotatable bonds is 2. The number of para-hydroxylation sites is 1. The number of benzene rings is 2. The fraction of sp³-hybridized carbons (Fsp3) is 0.0769. The standard InChI is InChI=1S/C13H11ClO2/c14-11-7-3-1-5-9(11)13(16)10-6-2-4-8-12(10)15/h1-8,13,15-16H/t13-/m0/s1. The minimum absolute atomic E-state index is 0.0647. The van der Waals surface area contributed by atoms with E-state index in [1.54, 1.807) is 42.5 Å². The molecule has 0 amide bonds. The van der Waals surface area contributed by atoms with Crippen LogP contribution in [0.2, 0.25) is 5.02 Å². The van der Waals surface area contributed by atoms with Crippen molar-refractivity contribution in [3.63, 3.8) is 0 Å². The summed E-state index contributed by atoms with van der Waals surface area (Å²) in [5.74, 6) is 0.0647. The minimum Gasteiger partial charge on any atom is -0.508 e. The summed E-state index contributed by atoms with van der Waals surface area (Å²) in [5, 5.41) is 20.2. The molecule has 2 aromatic carbocycles. The Bertz CT molecular complexity index is 451. The lowest BCUT2D eigenvalue weighted by Gasteiger charge is -2.14. The van der Waals surface area contributed by atoms with E-state index in [2.05, 4.69) is 0 Å². The van der Waals surface area contributed by atoms with Gasteiger partial charge in [0.1, 0.15) is 11.9 Å². The van der Waals surface area contributed by atoms with E-state index in [1.807, 2.05) is 0 Å². The zero-order valence-corrected chi connectivity index (χ0v) is 9.22. The van der Waals surface area contributed by atoms with E-state index < -0.39 is 6.10 Å². The summed E-state index contributed by atoms with van der Waals surface area (Å²) in [7, 11) is 0. The molecule has 0 bridgehead atoms. The maximum Gasteiger partial charge on any atom is 0.121 e. The second-order valence-corrected chi connectivity index (χ2v) is 3.89. The zero-order valence-electron chi connectivity index (χ0n) is 8.47. The van der Waals surface area contributed by atoms with Gasteiger partial charge < -0.3 is 10.2 Å². The number of phenolic OH excluding ortho intramolecular Hbond substituents is 1. The topological polar surface area (TPSA) is 40.5 Å². The number of aliphatic hydroxyl groups is 1. The van der Waals surface area contributed by atoms with E-state index in [1.165, 1.54) is 6.07 Å². The van der Waals surface area contributed by atoms with Gasteiger partial charge in [-0.05, 0) is 12.1 Å². The van der Waals surface area contributed by atoms with Gasteiger partial charge in [0.15, 0.2) is 0 Å². The first kappa shape index (κ1) is 11.0. The van der Waals surface area contributed by atoms with Crippen molar-refractivity contribution in [2.75, 3.05) is 0 Å². The number of aliphatic hydroxyl groups excluding tert-OH is 1. The lowest BCUT2D eigenvalue weighted by molar-refractivity contribution is 0.215. The van der Waals surface area contributed by atoms with Crippen LogP contribution in [0, 0.1) is 0 Å². The van der Waals surface area contributed by atoms with Gasteiger partial charge in [0.25, 0.3) is 0 Å². The van der Waals surface area contributed by atoms with Gasteiger partial charge >= 0.3 is 0 Å². The molecule has 2 N–H and O–H groups in total. The Kier molecular flexibility index (Phi) is 3.13. The van der Waals surface area contributed by atoms with Crippen molar-refractivity contribution in [1.29, 1.82) is 0 Å². The Morgan fingerprint density at radius 3 is 2.06 bits per heavy atom. The summed E-state index contributed by atoms with van der Waals surface area (Å²) >= 11 is 5.98. The quantitative estimate of drug-likeness (QED) is 0.838. The molecule has 2 rings (SSSR count). The highest BCUT2D eigenvalue weighted by Crippen LogP contribution is 2.32. The molecule has 0 saturated carbocycles. The van der Waals surface area contributed by atoms with E-state index in [9.17, 15) is 10.2 Å². The Labute approximate surface area is 98.7 Å². The first-order valence-corrected chi connectivity index (χ1v) is 5.28. The smallest absolute Gasteiger partial charge is 0.121 e. The molecule has 0 aliphatic rings. The second kappa shape index (κ2) is 4.56. The number of aromatic hydroxyl groups is 1. The fourth-order valence-electron chi connectivity index (χ4n) is 1.58. The molecule has 0 heterocycles. The van der Waals surface area contributed by atoms with Gasteiger partial charge in [-0.3, -0.25) is 0 Å². The van der Waals surface area contributed by atoms with Crippen LogP contribution in [0.3, 0.4) is 0 Å². The zero-order chi connectivity index (χ0) is 11.5. The van der Waals surface area contributed by atoms with Crippen LogP contribution < -0.4 is 0 Å². The van der Waals surface area contributed by atoms with Crippen LogP contribution in [0.5, 0.6) is 5.75 Å². The molecule has 2 aromatic rings. The third-order valence-corrected chi connectivity index (χ3v) is 2.78. The molecule has 0 aliphatic carbocycles. The summed E-state index contributed by atoms with van der Waals surface area (Å²) < 4.78 is 0. The number of phenols is 1. The molecule has 2 nitrogen and oxygen atoms in total. The molecular weight excluding hydrogens is 224 g/mol. The lowest BCUT2D eigenvalue weighted by Crippen LogP contribution is -2.00. The first-order valence-electron chi connectivity index (χ1n) is 4.90. The SMILES string of the molecule is Oc1ccccc1[C@@H](O)c1ccccc1Cl. The van der Waals surface area contributed by atoms with Gasteiger partial charge in [-0.1, -0.05) is 48.0 Å². The molecule has 0 spiro atoms. The highest BCUT2D eigenvalue weighted by molar-refractivity contribution is 6.31. The first-order chi connectivity index (χ1) is 7.70. The molecule has 0 aromatic heterocycles. The fourth-order valence-corrected chi connectivity index (χ4v) is 1.82. The van der Waals surface area contributed by atoms with E-state index in [-0.39, 0.29) is 5.75 Å². The second-order valence-electron chi connectivity index (χ2n) is 3.48. The van der Waals surface area contributed by atoms with Gasteiger partial charge in [0.2, 0.25) is 0 Å². The number of hydrogen-bond donors (Lipinski definition) is 2. The van der Waals surface area contributed by atoms with Crippen molar-refractivity contribution in [1.82, 2.24) is 0 Å². The summed E-state index contributed by atoms with van der Waals surface area (Å²) in [6.07, 6.45) is -0.908. The van der Waals surface area contributed by atoms with Gasteiger partial charge in [0, 0.05) is 16.1 Å². The highest BCUT2D eigenvalue weighted by atomic mass is 35.5. The molecular formula is C13H11ClO2. The molecule has 0 saturated heterocycles. The number of hydrogen-bond acceptors (Lipinski definition) is 2. The monoisotopic (exact) mass is 234 g/mol. The largest absolute Gasteiger partial charge is 0.508 e. The Hall–Kier alpha value is -1.51. The van der Waals surface area contributed by atoms with E-state index in [0.717, 1.165) is 0 Å². The van der Waals surface area contributed by atoms with E-state index >= 15 is 0 Å². The van der Waals surface area contributed by atoms with Crippen molar-refractivity contribution in [3.05, 3.63) is 64.7 Å². The Morgan fingerprint density at radius 2 is 1.44 bits per heavy atom. The minimum atomic E-state index is -0.908. The maximum absolute atomic E-state index is 10.1. The predicted molar refractivity (Wildman–Crippen MR) is 63.6 cm³/mol. The van der Waals surface area contributed by atoms with Crippen molar-refractivity contribution < 1.29 is 10.2 Å². The van der Waals surface area contributed by atoms with Crippen molar-refractivity contribution in [2.24, 2.45) is 0 Å². The van der Waals surface area contributed by atoms with Gasteiger partial charge in [0.05, 0.1) is 0 Å². The summed E-state index contributed by atoms with van der Waals surface area (Å²) in [6, 6.07) is 13.7. The van der Waals surface area contributed by atoms with Crippen LogP contribution in [-0.4, -0.2) is 10.2 Å². The van der Waals surface area contributed by atoms with Crippen LogP contribution in [0.25, 0.3) is 0 Å². The van der Waals surface area contributed by atoms with Crippen LogP contribution in [0.1, 0.15) is 17.2 Å². The average Bonchev–Trinajstić information content (AvgIpc) is 2.29. The molecule has 16 heavy (non-hydrogen) atoms. The van der Waals surface area contributed by atoms with Crippen molar-refractivity contribution in [2.45, 2.75) is 6.10 Å². The normalized spacial score (nSPS) is 12.4. The summed E-state index contributed by atoms with van der Waals surface area (Å²) in [6.45, 7) is 0. The highest BCUT2D eigenvalue weighted by Gasteiger charge is 2.16. The number of halogens is 1. The molecule has 0 radical (unpaired) electrons. The van der Waals surface area contributed by atoms with E-state index in [4.69, 9.17) is 11.6 Å². The van der Waals surface area contributed by atoms with Crippen LogP contribution >= 0.6 is 11.6 Å². The average molecular weight is 235 g/mol. The Balaban J connectivity index is 2.44. The van der Waals surface area contributed by atoms with Crippen molar-refractivity contribution in [3.8, 4) is 5.75 Å². The third-order valence-electron chi connectivity index (χ3n) is 2.43. The molecule has 0 fully saturated rings. The van der Waals surface area contributed by atoms with Gasteiger partial charge in [-0.15, -0.1) is 0 Å². The molecule has 82 valence electrons. The Morgan fingerprint density at radius 1 is 0.875 bits per heavy atom. The molecule has 0 aliphatic heterocycles. The van der Waals surface area contributed by atoms with E-state index in [0.29, 0.717) is 16.1 Å². The molecule has 3 heteroatoms. The summed E-state index contributed by atoms with van der Waals surface area (Å²) in [4.78, 5) is 0. The molecule has 0 unspecified atom stereocenters. The van der Waals surface area contributed by atoms with Crippen LogP contribution in [0.4, 0.5) is 0 Å². The predicted octanol–water partition coefficient (Wildman–Crippen LogP) is 3.13. The molecule has 1 atom stereocenters. The summed E-state index contributed by atoms with van der Waals surface area (Å²) in [5.41, 5.74) is 1.04. The van der Waals surface area contributed by atoms with Crippen LogP contribution in [0.15, 0.2) is 48.5 Å².